The molecule has 0 atom stereocenters. The molecule has 0 bridgehead atoms. The molecule has 1 saturated carbocycles. The number of rotatable bonds is 3. The first-order chi connectivity index (χ1) is 13.1. The summed E-state index contributed by atoms with van der Waals surface area (Å²) in [6.45, 7) is 5.56. The lowest BCUT2D eigenvalue weighted by molar-refractivity contribution is 0.0743. The first-order valence-corrected chi connectivity index (χ1v) is 9.62. The van der Waals surface area contributed by atoms with Gasteiger partial charge in [0.1, 0.15) is 5.39 Å². The van der Waals surface area contributed by atoms with Crippen LogP contribution in [0.5, 0.6) is 0 Å². The van der Waals surface area contributed by atoms with Crippen LogP contribution in [0.2, 0.25) is 0 Å². The molecule has 1 N–H and O–H groups in total. The molecule has 0 radical (unpaired) electrons. The molecule has 0 spiro atoms. The number of aromatic amines is 1. The Balaban J connectivity index is 1.58. The zero-order valence-corrected chi connectivity index (χ0v) is 15.7. The highest BCUT2D eigenvalue weighted by molar-refractivity contribution is 5.75. The van der Waals surface area contributed by atoms with E-state index in [-0.39, 0.29) is 5.56 Å². The van der Waals surface area contributed by atoms with Crippen LogP contribution in [-0.4, -0.2) is 32.9 Å². The van der Waals surface area contributed by atoms with Crippen molar-refractivity contribution in [3.05, 3.63) is 45.4 Å². The fourth-order valence-electron chi connectivity index (χ4n) is 3.90. The van der Waals surface area contributed by atoms with Gasteiger partial charge < -0.3 is 0 Å². The summed E-state index contributed by atoms with van der Waals surface area (Å²) < 4.78 is 1.79. The second kappa shape index (κ2) is 6.20. The van der Waals surface area contributed by atoms with E-state index in [0.717, 1.165) is 25.1 Å². The van der Waals surface area contributed by atoms with Gasteiger partial charge in [0.15, 0.2) is 5.65 Å². The van der Waals surface area contributed by atoms with Crippen molar-refractivity contribution in [1.82, 2.24) is 19.7 Å². The number of fused-ring (bicyclic) bond motifs is 1. The molecule has 1 saturated heterocycles. The number of aryl methyl sites for hydroxylation is 2. The van der Waals surface area contributed by atoms with Gasteiger partial charge in [-0.05, 0) is 62.1 Å². The lowest BCUT2D eigenvalue weighted by atomic mass is 10.0. The monoisotopic (exact) mass is 365 g/mol. The number of hydrogen-bond acceptors (Lipinski definition) is 5. The molecule has 3 aromatic rings. The van der Waals surface area contributed by atoms with Gasteiger partial charge in [-0.1, -0.05) is 12.1 Å². The highest BCUT2D eigenvalue weighted by Gasteiger charge is 2.25. The highest BCUT2D eigenvalue weighted by Crippen LogP contribution is 2.41. The SMILES string of the molecule is Cc1cc(C2CC2)cc(C)c1-n1cc2c(=O)[nH]c(N3CCCCO3)nc2n1. The van der Waals surface area contributed by atoms with Crippen LogP contribution in [0.1, 0.15) is 48.3 Å². The molecule has 0 amide bonds. The maximum Gasteiger partial charge on any atom is 0.263 e. The topological polar surface area (TPSA) is 76.0 Å². The van der Waals surface area contributed by atoms with Crippen LogP contribution in [0.15, 0.2) is 23.1 Å². The Morgan fingerprint density at radius 1 is 1.19 bits per heavy atom. The summed E-state index contributed by atoms with van der Waals surface area (Å²) >= 11 is 0. The number of hydrogen-bond donors (Lipinski definition) is 1. The molecular formula is C20H23N5O2. The molecule has 3 heterocycles. The van der Waals surface area contributed by atoms with Crippen LogP contribution < -0.4 is 10.6 Å². The first-order valence-electron chi connectivity index (χ1n) is 9.62. The van der Waals surface area contributed by atoms with Gasteiger partial charge in [0.2, 0.25) is 5.95 Å². The van der Waals surface area contributed by atoms with Gasteiger partial charge in [0.05, 0.1) is 12.3 Å². The third-order valence-electron chi connectivity index (χ3n) is 5.41. The molecule has 1 aliphatic heterocycles. The summed E-state index contributed by atoms with van der Waals surface area (Å²) in [4.78, 5) is 25.5. The number of hydroxylamine groups is 1. The minimum absolute atomic E-state index is 0.194. The van der Waals surface area contributed by atoms with Gasteiger partial charge in [-0.3, -0.25) is 14.6 Å². The van der Waals surface area contributed by atoms with E-state index in [4.69, 9.17) is 4.84 Å². The van der Waals surface area contributed by atoms with Crippen molar-refractivity contribution in [2.75, 3.05) is 18.2 Å². The van der Waals surface area contributed by atoms with E-state index in [9.17, 15) is 4.79 Å². The Kier molecular flexibility index (Phi) is 3.79. The predicted molar refractivity (Wildman–Crippen MR) is 103 cm³/mol. The highest BCUT2D eigenvalue weighted by atomic mass is 16.7. The smallest absolute Gasteiger partial charge is 0.263 e. The summed E-state index contributed by atoms with van der Waals surface area (Å²) in [5.41, 5.74) is 5.01. The molecule has 7 heteroatoms. The minimum Gasteiger partial charge on any atom is -0.290 e. The molecule has 1 aromatic carbocycles. The zero-order valence-electron chi connectivity index (χ0n) is 15.7. The number of anilines is 1. The Morgan fingerprint density at radius 3 is 2.63 bits per heavy atom. The van der Waals surface area contributed by atoms with Crippen LogP contribution >= 0.6 is 0 Å². The van der Waals surface area contributed by atoms with Gasteiger partial charge in [-0.15, -0.1) is 5.10 Å². The number of H-pyrrole nitrogens is 1. The Morgan fingerprint density at radius 2 is 1.96 bits per heavy atom. The van der Waals surface area contributed by atoms with E-state index in [2.05, 4.69) is 41.0 Å². The van der Waals surface area contributed by atoms with Crippen LogP contribution in [-0.2, 0) is 4.84 Å². The van der Waals surface area contributed by atoms with Gasteiger partial charge in [-0.2, -0.15) is 4.98 Å². The first kappa shape index (κ1) is 16.5. The average molecular weight is 365 g/mol. The van der Waals surface area contributed by atoms with Crippen LogP contribution in [0.3, 0.4) is 0 Å². The quantitative estimate of drug-likeness (QED) is 0.772. The number of benzene rings is 1. The number of aromatic nitrogens is 4. The van der Waals surface area contributed by atoms with Crippen molar-refractivity contribution in [2.45, 2.75) is 45.4 Å². The second-order valence-corrected chi connectivity index (χ2v) is 7.62. The van der Waals surface area contributed by atoms with Gasteiger partial charge >= 0.3 is 0 Å². The van der Waals surface area contributed by atoms with E-state index in [1.807, 2.05) is 0 Å². The molecule has 0 unspecified atom stereocenters. The molecule has 2 aliphatic rings. The van der Waals surface area contributed by atoms with Gasteiger partial charge in [0.25, 0.3) is 5.56 Å². The summed E-state index contributed by atoms with van der Waals surface area (Å²) in [6.07, 6.45) is 6.37. The van der Waals surface area contributed by atoms with Crippen molar-refractivity contribution in [3.63, 3.8) is 0 Å². The molecular weight excluding hydrogens is 342 g/mol. The standard InChI is InChI=1S/C20H23N5O2/c1-12-9-15(14-5-6-14)10-13(2)17(12)24-11-16-18(23-24)21-20(22-19(16)26)25-7-3-4-8-27-25/h9-11,14H,3-8H2,1-2H3,(H,21,22,23,26). The fraction of sp³-hybridized carbons (Fsp3) is 0.450. The zero-order chi connectivity index (χ0) is 18.5. The third kappa shape index (κ3) is 2.92. The van der Waals surface area contributed by atoms with Crippen molar-refractivity contribution in [3.8, 4) is 5.69 Å². The van der Waals surface area contributed by atoms with E-state index < -0.39 is 0 Å². The van der Waals surface area contributed by atoms with E-state index in [1.165, 1.54) is 29.5 Å². The largest absolute Gasteiger partial charge is 0.290 e. The van der Waals surface area contributed by atoms with Crippen molar-refractivity contribution in [2.24, 2.45) is 0 Å². The third-order valence-corrected chi connectivity index (χ3v) is 5.41. The maximum absolute atomic E-state index is 12.6. The van der Waals surface area contributed by atoms with Crippen LogP contribution in [0.25, 0.3) is 16.7 Å². The normalized spacial score (nSPS) is 17.6. The molecule has 2 aromatic heterocycles. The van der Waals surface area contributed by atoms with E-state index >= 15 is 0 Å². The van der Waals surface area contributed by atoms with Gasteiger partial charge in [-0.25, -0.2) is 9.75 Å². The molecule has 27 heavy (non-hydrogen) atoms. The lowest BCUT2D eigenvalue weighted by Crippen LogP contribution is -2.32. The van der Waals surface area contributed by atoms with Crippen molar-refractivity contribution < 1.29 is 4.84 Å². The number of nitrogens with one attached hydrogen (secondary N) is 1. The predicted octanol–water partition coefficient (Wildman–Crippen LogP) is 3.13. The average Bonchev–Trinajstić information content (AvgIpc) is 3.42. The van der Waals surface area contributed by atoms with Crippen molar-refractivity contribution in [1.29, 1.82) is 0 Å². The minimum atomic E-state index is -0.194. The molecule has 7 nitrogen and oxygen atoms in total. The summed E-state index contributed by atoms with van der Waals surface area (Å²) in [5, 5.41) is 6.76. The summed E-state index contributed by atoms with van der Waals surface area (Å²) in [5.74, 6) is 1.14. The maximum atomic E-state index is 12.6. The van der Waals surface area contributed by atoms with Crippen LogP contribution in [0.4, 0.5) is 5.95 Å². The van der Waals surface area contributed by atoms with Crippen LogP contribution in [0, 0.1) is 13.8 Å². The molecule has 1 aliphatic carbocycles. The molecule has 2 fully saturated rings. The lowest BCUT2D eigenvalue weighted by Gasteiger charge is -2.25. The Bertz CT molecular complexity index is 1050. The summed E-state index contributed by atoms with van der Waals surface area (Å²) in [6, 6.07) is 4.49. The van der Waals surface area contributed by atoms with Gasteiger partial charge in [0, 0.05) is 12.7 Å². The van der Waals surface area contributed by atoms with Crippen molar-refractivity contribution >= 4 is 17.0 Å². The Labute approximate surface area is 156 Å². The molecule has 140 valence electrons. The van der Waals surface area contributed by atoms with E-state index in [0.29, 0.717) is 29.5 Å². The Hall–Kier alpha value is -2.67. The second-order valence-electron chi connectivity index (χ2n) is 7.62. The van der Waals surface area contributed by atoms with E-state index in [1.54, 1.807) is 15.9 Å². The number of nitrogens with zero attached hydrogens (tertiary/aromatic N) is 4. The summed E-state index contributed by atoms with van der Waals surface area (Å²) in [7, 11) is 0. The molecule has 5 rings (SSSR count). The fourth-order valence-corrected chi connectivity index (χ4v) is 3.90.